The van der Waals surface area contributed by atoms with Crippen molar-refractivity contribution in [3.8, 4) is 0 Å². The maximum Gasteiger partial charge on any atom is 0.233 e. The van der Waals surface area contributed by atoms with Crippen LogP contribution in [0.1, 0.15) is 0 Å². The molecule has 2 saturated heterocycles. The first-order valence-electron chi connectivity index (χ1n) is 7.13. The zero-order valence-corrected chi connectivity index (χ0v) is 12.8. The fourth-order valence-corrected chi connectivity index (χ4v) is 3.15. The molecule has 2 fully saturated rings. The van der Waals surface area contributed by atoms with E-state index in [1.807, 2.05) is 0 Å². The number of aliphatic hydroxyl groups is 1. The molecule has 2 rings (SSSR count). The van der Waals surface area contributed by atoms with Crippen molar-refractivity contribution < 1.29 is 24.2 Å². The van der Waals surface area contributed by atoms with Crippen LogP contribution >= 0.6 is 11.8 Å². The number of hydrogen-bond acceptors (Lipinski definition) is 6. The number of hydrogen-bond donors (Lipinski definition) is 1. The van der Waals surface area contributed by atoms with Gasteiger partial charge in [0.15, 0.2) is 0 Å². The topological polar surface area (TPSA) is 79.3 Å². The predicted octanol–water partition coefficient (Wildman–Crippen LogP) is -1.20. The minimum Gasteiger partial charge on any atom is -0.394 e. The Balaban J connectivity index is 1.69. The first-order valence-corrected chi connectivity index (χ1v) is 8.29. The molecule has 7 nitrogen and oxygen atoms in total. The van der Waals surface area contributed by atoms with E-state index in [2.05, 4.69) is 0 Å². The van der Waals surface area contributed by atoms with Gasteiger partial charge in [0.2, 0.25) is 11.8 Å². The van der Waals surface area contributed by atoms with Crippen LogP contribution < -0.4 is 0 Å². The lowest BCUT2D eigenvalue weighted by Gasteiger charge is -2.34. The molecule has 0 radical (unpaired) electrons. The molecule has 21 heavy (non-hydrogen) atoms. The summed E-state index contributed by atoms with van der Waals surface area (Å²) in [4.78, 5) is 27.5. The molecule has 2 amide bonds. The summed E-state index contributed by atoms with van der Waals surface area (Å²) in [6, 6.07) is -0.262. The average molecular weight is 318 g/mol. The molecule has 1 atom stereocenters. The molecule has 0 aromatic heterocycles. The highest BCUT2D eigenvalue weighted by Gasteiger charge is 2.26. The van der Waals surface area contributed by atoms with Crippen molar-refractivity contribution >= 4 is 23.6 Å². The maximum absolute atomic E-state index is 12.1. The van der Waals surface area contributed by atoms with Gasteiger partial charge in [-0.2, -0.15) is 0 Å². The van der Waals surface area contributed by atoms with Gasteiger partial charge in [-0.15, -0.1) is 11.8 Å². The lowest BCUT2D eigenvalue weighted by Crippen LogP contribution is -2.51. The second-order valence-corrected chi connectivity index (χ2v) is 5.97. The van der Waals surface area contributed by atoms with E-state index in [1.54, 1.807) is 9.80 Å². The van der Waals surface area contributed by atoms with Crippen LogP contribution in [0.3, 0.4) is 0 Å². The Morgan fingerprint density at radius 3 is 2.43 bits per heavy atom. The first kappa shape index (κ1) is 16.5. The highest BCUT2D eigenvalue weighted by atomic mass is 32.2. The quantitative estimate of drug-likeness (QED) is 0.686. The van der Waals surface area contributed by atoms with Crippen LogP contribution in [0.4, 0.5) is 0 Å². The summed E-state index contributed by atoms with van der Waals surface area (Å²) in [5.41, 5.74) is 0. The van der Waals surface area contributed by atoms with E-state index in [1.165, 1.54) is 11.8 Å². The van der Waals surface area contributed by atoms with Crippen molar-refractivity contribution in [2.75, 3.05) is 64.2 Å². The molecular weight excluding hydrogens is 296 g/mol. The molecular formula is C13H22N2O5S. The van der Waals surface area contributed by atoms with Gasteiger partial charge in [-0.25, -0.2) is 0 Å². The van der Waals surface area contributed by atoms with Gasteiger partial charge in [-0.3, -0.25) is 9.59 Å². The number of aliphatic hydroxyl groups excluding tert-OH is 1. The van der Waals surface area contributed by atoms with Crippen LogP contribution in [0, 0.1) is 0 Å². The zero-order chi connectivity index (χ0) is 15.1. The number of thioether (sulfide) groups is 1. The number of amides is 2. The van der Waals surface area contributed by atoms with Crippen molar-refractivity contribution in [3.05, 3.63) is 0 Å². The normalized spacial score (nSPS) is 23.2. The molecule has 8 heteroatoms. The molecule has 0 aromatic carbocycles. The van der Waals surface area contributed by atoms with Crippen LogP contribution in [0.2, 0.25) is 0 Å². The third kappa shape index (κ3) is 4.84. The highest BCUT2D eigenvalue weighted by Crippen LogP contribution is 2.11. The number of morpholine rings is 2. The largest absolute Gasteiger partial charge is 0.394 e. The minimum absolute atomic E-state index is 0.0443. The minimum atomic E-state index is -0.262. The Bertz CT molecular complexity index is 362. The van der Waals surface area contributed by atoms with Gasteiger partial charge in [-0.05, 0) is 0 Å². The molecule has 2 aliphatic heterocycles. The maximum atomic E-state index is 12.1. The van der Waals surface area contributed by atoms with Crippen LogP contribution in [-0.4, -0.2) is 96.9 Å². The summed E-state index contributed by atoms with van der Waals surface area (Å²) in [6.45, 7) is 3.71. The Morgan fingerprint density at radius 1 is 1.05 bits per heavy atom. The van der Waals surface area contributed by atoms with E-state index < -0.39 is 0 Å². The van der Waals surface area contributed by atoms with E-state index in [0.29, 0.717) is 51.8 Å². The van der Waals surface area contributed by atoms with Crippen molar-refractivity contribution in [1.29, 1.82) is 0 Å². The third-order valence-electron chi connectivity index (χ3n) is 3.57. The fraction of sp³-hybridized carbons (Fsp3) is 0.846. The van der Waals surface area contributed by atoms with Crippen molar-refractivity contribution in [2.24, 2.45) is 0 Å². The molecule has 1 N–H and O–H groups in total. The van der Waals surface area contributed by atoms with Gasteiger partial charge in [0.25, 0.3) is 0 Å². The number of ether oxygens (including phenoxy) is 2. The van der Waals surface area contributed by atoms with Crippen molar-refractivity contribution in [2.45, 2.75) is 6.04 Å². The lowest BCUT2D eigenvalue weighted by molar-refractivity contribution is -0.138. The summed E-state index contributed by atoms with van der Waals surface area (Å²) >= 11 is 1.32. The molecule has 0 spiro atoms. The van der Waals surface area contributed by atoms with E-state index in [9.17, 15) is 14.7 Å². The molecule has 120 valence electrons. The summed E-state index contributed by atoms with van der Waals surface area (Å²) in [6.07, 6.45) is 0. The number of rotatable bonds is 5. The lowest BCUT2D eigenvalue weighted by atomic mass is 10.2. The zero-order valence-electron chi connectivity index (χ0n) is 12.0. The summed E-state index contributed by atoms with van der Waals surface area (Å²) in [7, 11) is 0. The second kappa shape index (κ2) is 8.57. The van der Waals surface area contributed by atoms with Gasteiger partial charge >= 0.3 is 0 Å². The second-order valence-electron chi connectivity index (χ2n) is 4.98. The van der Waals surface area contributed by atoms with Gasteiger partial charge in [-0.1, -0.05) is 0 Å². The fourth-order valence-electron chi connectivity index (χ4n) is 2.35. The Kier molecular flexibility index (Phi) is 6.75. The van der Waals surface area contributed by atoms with Crippen molar-refractivity contribution in [3.63, 3.8) is 0 Å². The van der Waals surface area contributed by atoms with Gasteiger partial charge in [0, 0.05) is 19.6 Å². The average Bonchev–Trinajstić information content (AvgIpc) is 2.55. The summed E-state index contributed by atoms with van der Waals surface area (Å²) in [5.74, 6) is 0.570. The molecule has 0 bridgehead atoms. The molecule has 0 aromatic rings. The molecule has 0 saturated carbocycles. The smallest absolute Gasteiger partial charge is 0.233 e. The van der Waals surface area contributed by atoms with Crippen LogP contribution in [0.25, 0.3) is 0 Å². The monoisotopic (exact) mass is 318 g/mol. The molecule has 2 heterocycles. The van der Waals surface area contributed by atoms with Crippen LogP contribution in [0.5, 0.6) is 0 Å². The van der Waals surface area contributed by atoms with E-state index >= 15 is 0 Å². The highest BCUT2D eigenvalue weighted by molar-refractivity contribution is 8.00. The summed E-state index contributed by atoms with van der Waals surface area (Å²) in [5, 5.41) is 9.24. The molecule has 2 aliphatic rings. The SMILES string of the molecule is O=C(CSCC(=O)N1CCOCC1CO)N1CCOCC1. The first-order chi connectivity index (χ1) is 10.2. The Labute approximate surface area is 128 Å². The van der Waals surface area contributed by atoms with E-state index in [-0.39, 0.29) is 30.2 Å². The van der Waals surface area contributed by atoms with Crippen molar-refractivity contribution in [1.82, 2.24) is 9.80 Å². The number of nitrogens with zero attached hydrogens (tertiary/aromatic N) is 2. The number of carbonyl (C=O) groups is 2. The van der Waals surface area contributed by atoms with E-state index in [4.69, 9.17) is 9.47 Å². The molecule has 1 unspecified atom stereocenters. The third-order valence-corrected chi connectivity index (χ3v) is 4.48. The Morgan fingerprint density at radius 2 is 1.71 bits per heavy atom. The number of carbonyl (C=O) groups excluding carboxylic acids is 2. The predicted molar refractivity (Wildman–Crippen MR) is 78.1 cm³/mol. The molecule has 0 aliphatic carbocycles. The van der Waals surface area contributed by atoms with Gasteiger partial charge < -0.3 is 24.4 Å². The van der Waals surface area contributed by atoms with Gasteiger partial charge in [0.05, 0.1) is 50.6 Å². The van der Waals surface area contributed by atoms with Crippen LogP contribution in [0.15, 0.2) is 0 Å². The summed E-state index contributed by atoms with van der Waals surface area (Å²) < 4.78 is 10.4. The van der Waals surface area contributed by atoms with E-state index in [0.717, 1.165) is 0 Å². The van der Waals surface area contributed by atoms with Gasteiger partial charge in [0.1, 0.15) is 0 Å². The standard InChI is InChI=1S/C13H22N2O5S/c16-7-11-8-20-6-3-15(11)13(18)10-21-9-12(17)14-1-4-19-5-2-14/h11,16H,1-10H2. The van der Waals surface area contributed by atoms with Crippen LogP contribution in [-0.2, 0) is 19.1 Å². The Hall–Kier alpha value is -0.830.